The van der Waals surface area contributed by atoms with Crippen LogP contribution < -0.4 is 10.6 Å². The summed E-state index contributed by atoms with van der Waals surface area (Å²) < 4.78 is 0. The molecule has 0 unspecified atom stereocenters. The molecule has 8 heteroatoms. The first-order valence-corrected chi connectivity index (χ1v) is 11.6. The molecular formula is C23H32N4O3S. The third kappa shape index (κ3) is 5.14. The lowest BCUT2D eigenvalue weighted by molar-refractivity contribution is -0.141. The molecule has 1 aliphatic rings. The maximum Gasteiger partial charge on any atom is 0.243 e. The molecule has 0 radical (unpaired) electrons. The first-order valence-electron chi connectivity index (χ1n) is 10.7. The highest BCUT2D eigenvalue weighted by atomic mass is 32.1. The summed E-state index contributed by atoms with van der Waals surface area (Å²) in [6.07, 6.45) is -0.441. The van der Waals surface area contributed by atoms with Crippen LogP contribution in [0.25, 0.3) is 10.4 Å². The lowest BCUT2D eigenvalue weighted by Crippen LogP contribution is -2.53. The molecule has 3 N–H and O–H groups in total. The number of carbonyl (C=O) groups excluding carboxylic acids is 2. The van der Waals surface area contributed by atoms with Crippen molar-refractivity contribution in [3.8, 4) is 10.4 Å². The monoisotopic (exact) mass is 444 g/mol. The third-order valence-corrected chi connectivity index (χ3v) is 6.86. The number of likely N-dealkylation sites (tertiary alicyclic amines) is 1. The number of amides is 2. The average Bonchev–Trinajstić information content (AvgIpc) is 3.33. The van der Waals surface area contributed by atoms with Gasteiger partial charge in [-0.05, 0) is 37.9 Å². The van der Waals surface area contributed by atoms with Gasteiger partial charge in [0.05, 0.1) is 34.3 Å². The van der Waals surface area contributed by atoms with E-state index in [-0.39, 0.29) is 42.8 Å². The fourth-order valence-electron chi connectivity index (χ4n) is 4.12. The second-order valence-electron chi connectivity index (χ2n) is 8.53. The lowest BCUT2D eigenvalue weighted by atomic mass is 10.0. The molecule has 7 nitrogen and oxygen atoms in total. The van der Waals surface area contributed by atoms with Crippen molar-refractivity contribution in [2.75, 3.05) is 13.6 Å². The van der Waals surface area contributed by atoms with E-state index in [4.69, 9.17) is 0 Å². The summed E-state index contributed by atoms with van der Waals surface area (Å²) in [5, 5.41) is 16.2. The maximum absolute atomic E-state index is 13.0. The Labute approximate surface area is 187 Å². The molecular weight excluding hydrogens is 412 g/mol. The molecule has 168 valence electrons. The van der Waals surface area contributed by atoms with Crippen LogP contribution in [0.4, 0.5) is 0 Å². The smallest absolute Gasteiger partial charge is 0.243 e. The number of rotatable bonds is 7. The second-order valence-corrected chi connectivity index (χ2v) is 9.38. The number of aliphatic hydroxyl groups is 1. The predicted octanol–water partition coefficient (Wildman–Crippen LogP) is 2.50. The summed E-state index contributed by atoms with van der Waals surface area (Å²) in [5.74, 6) is -0.303. The van der Waals surface area contributed by atoms with E-state index in [1.807, 2.05) is 57.5 Å². The Kier molecular flexibility index (Phi) is 7.46. The highest BCUT2D eigenvalue weighted by Crippen LogP contribution is 2.28. The number of carbonyl (C=O) groups is 2. The molecule has 1 saturated heterocycles. The van der Waals surface area contributed by atoms with Gasteiger partial charge < -0.3 is 20.6 Å². The SMILES string of the molecule is CN[C@H](C(=O)N1C[C@H](O)C[C@H]1C(=O)N[C@H](C)c1ccc(-c2scnc2C)cc1)C(C)C. The number of aliphatic hydroxyl groups excluding tert-OH is 1. The van der Waals surface area contributed by atoms with Crippen LogP contribution in [0.5, 0.6) is 0 Å². The summed E-state index contributed by atoms with van der Waals surface area (Å²) in [7, 11) is 1.74. The van der Waals surface area contributed by atoms with Crippen LogP contribution in [0.2, 0.25) is 0 Å². The van der Waals surface area contributed by atoms with E-state index in [9.17, 15) is 14.7 Å². The van der Waals surface area contributed by atoms with Crippen molar-refractivity contribution < 1.29 is 14.7 Å². The largest absolute Gasteiger partial charge is 0.391 e. The number of aromatic nitrogens is 1. The van der Waals surface area contributed by atoms with Crippen molar-refractivity contribution >= 4 is 23.2 Å². The van der Waals surface area contributed by atoms with E-state index in [1.54, 1.807) is 18.4 Å². The van der Waals surface area contributed by atoms with Crippen molar-refractivity contribution in [1.82, 2.24) is 20.5 Å². The highest BCUT2D eigenvalue weighted by molar-refractivity contribution is 7.13. The van der Waals surface area contributed by atoms with Gasteiger partial charge in [0.1, 0.15) is 6.04 Å². The number of thiazole rings is 1. The Hall–Kier alpha value is -2.29. The van der Waals surface area contributed by atoms with E-state index in [2.05, 4.69) is 15.6 Å². The summed E-state index contributed by atoms with van der Waals surface area (Å²) in [4.78, 5) is 33.0. The molecule has 1 aliphatic heterocycles. The quantitative estimate of drug-likeness (QED) is 0.610. The van der Waals surface area contributed by atoms with Crippen molar-refractivity contribution in [2.24, 2.45) is 5.92 Å². The van der Waals surface area contributed by atoms with Crippen LogP contribution in [-0.2, 0) is 9.59 Å². The lowest BCUT2D eigenvalue weighted by Gasteiger charge is -2.30. The fraction of sp³-hybridized carbons (Fsp3) is 0.522. The van der Waals surface area contributed by atoms with Crippen LogP contribution in [-0.4, -0.2) is 58.6 Å². The molecule has 31 heavy (non-hydrogen) atoms. The molecule has 1 aromatic heterocycles. The highest BCUT2D eigenvalue weighted by Gasteiger charge is 2.41. The number of hydrogen-bond donors (Lipinski definition) is 3. The summed E-state index contributed by atoms with van der Waals surface area (Å²) in [6, 6.07) is 6.80. The first kappa shape index (κ1) is 23.4. The minimum atomic E-state index is -0.693. The van der Waals surface area contributed by atoms with E-state index < -0.39 is 12.1 Å². The molecule has 0 saturated carbocycles. The number of β-amino-alcohol motifs (C(OH)–C–C–N with tert-alkyl or cyclic N) is 1. The fourth-order valence-corrected chi connectivity index (χ4v) is 4.93. The molecule has 1 fully saturated rings. The minimum Gasteiger partial charge on any atom is -0.391 e. The molecule has 0 spiro atoms. The summed E-state index contributed by atoms with van der Waals surface area (Å²) in [5.41, 5.74) is 4.92. The van der Waals surface area contributed by atoms with Crippen molar-refractivity contribution in [1.29, 1.82) is 0 Å². The standard InChI is InChI=1S/C23H32N4O3S/c1-13(2)20(24-5)23(30)27-11-18(28)10-19(27)22(29)26-14(3)16-6-8-17(9-7-16)21-15(4)25-12-31-21/h6-9,12-14,18-20,24,28H,10-11H2,1-5H3,(H,26,29)/t14-,18-,19+,20+/m1/s1. The predicted molar refractivity (Wildman–Crippen MR) is 123 cm³/mol. The van der Waals surface area contributed by atoms with Gasteiger partial charge in [-0.2, -0.15) is 0 Å². The van der Waals surface area contributed by atoms with Crippen LogP contribution >= 0.6 is 11.3 Å². The number of nitrogens with zero attached hydrogens (tertiary/aromatic N) is 2. The summed E-state index contributed by atoms with van der Waals surface area (Å²) >= 11 is 1.61. The van der Waals surface area contributed by atoms with E-state index in [0.717, 1.165) is 21.7 Å². The Balaban J connectivity index is 1.69. The number of nitrogens with one attached hydrogen (secondary N) is 2. The first-order chi connectivity index (χ1) is 14.7. The van der Waals surface area contributed by atoms with E-state index >= 15 is 0 Å². The Morgan fingerprint density at radius 3 is 2.45 bits per heavy atom. The molecule has 4 atom stereocenters. The van der Waals surface area contributed by atoms with Crippen LogP contribution in [0.15, 0.2) is 29.8 Å². The van der Waals surface area contributed by atoms with Gasteiger partial charge in [-0.25, -0.2) is 4.98 Å². The molecule has 2 aromatic rings. The number of hydrogen-bond acceptors (Lipinski definition) is 6. The topological polar surface area (TPSA) is 94.6 Å². The van der Waals surface area contributed by atoms with Gasteiger partial charge in [0.2, 0.25) is 11.8 Å². The zero-order valence-corrected chi connectivity index (χ0v) is 19.6. The Morgan fingerprint density at radius 2 is 1.90 bits per heavy atom. The van der Waals surface area contributed by atoms with Crippen molar-refractivity contribution in [3.63, 3.8) is 0 Å². The Bertz CT molecular complexity index is 912. The number of aryl methyl sites for hydroxylation is 1. The number of likely N-dealkylation sites (N-methyl/N-ethyl adjacent to an activating group) is 1. The van der Waals surface area contributed by atoms with Gasteiger partial charge in [-0.3, -0.25) is 9.59 Å². The molecule has 3 rings (SSSR count). The van der Waals surface area contributed by atoms with Crippen molar-refractivity contribution in [2.45, 2.75) is 58.3 Å². The Morgan fingerprint density at radius 1 is 1.23 bits per heavy atom. The van der Waals surface area contributed by atoms with E-state index in [0.29, 0.717) is 0 Å². The van der Waals surface area contributed by atoms with E-state index in [1.165, 1.54) is 4.90 Å². The second kappa shape index (κ2) is 9.89. The van der Waals surface area contributed by atoms with Crippen LogP contribution in [0, 0.1) is 12.8 Å². The minimum absolute atomic E-state index is 0.0820. The maximum atomic E-state index is 13.0. The van der Waals surface area contributed by atoms with Gasteiger partial charge in [0.25, 0.3) is 0 Å². The zero-order chi connectivity index (χ0) is 22.7. The molecule has 0 bridgehead atoms. The van der Waals surface area contributed by atoms with Gasteiger partial charge in [-0.15, -0.1) is 11.3 Å². The molecule has 2 amide bonds. The van der Waals surface area contributed by atoms with Gasteiger partial charge in [0, 0.05) is 13.0 Å². The molecule has 0 aliphatic carbocycles. The zero-order valence-electron chi connectivity index (χ0n) is 18.8. The van der Waals surface area contributed by atoms with Crippen molar-refractivity contribution in [3.05, 3.63) is 41.0 Å². The summed E-state index contributed by atoms with van der Waals surface area (Å²) in [6.45, 7) is 8.01. The van der Waals surface area contributed by atoms with Gasteiger partial charge >= 0.3 is 0 Å². The molecule has 1 aromatic carbocycles. The van der Waals surface area contributed by atoms with Crippen LogP contribution in [0.3, 0.4) is 0 Å². The van der Waals surface area contributed by atoms with Gasteiger partial charge in [-0.1, -0.05) is 38.1 Å². The normalized spacial score (nSPS) is 20.7. The molecule has 2 heterocycles. The number of benzene rings is 1. The van der Waals surface area contributed by atoms with Gasteiger partial charge in [0.15, 0.2) is 0 Å². The average molecular weight is 445 g/mol. The van der Waals surface area contributed by atoms with Crippen LogP contribution in [0.1, 0.15) is 44.5 Å². The third-order valence-electron chi connectivity index (χ3n) is 5.89.